The molecule has 0 aliphatic carbocycles. The summed E-state index contributed by atoms with van der Waals surface area (Å²) in [6.45, 7) is 2.16. The number of esters is 1. The molecule has 0 N–H and O–H groups in total. The molecule has 0 unspecified atom stereocenters. The van der Waals surface area contributed by atoms with Gasteiger partial charge in [0.2, 0.25) is 0 Å². The summed E-state index contributed by atoms with van der Waals surface area (Å²) in [5.41, 5.74) is 2.10. The lowest BCUT2D eigenvalue weighted by Gasteiger charge is -2.28. The minimum atomic E-state index is -0.443. The van der Waals surface area contributed by atoms with Gasteiger partial charge in [0, 0.05) is 11.3 Å². The summed E-state index contributed by atoms with van der Waals surface area (Å²) in [4.78, 5) is 24.4. The Morgan fingerprint density at radius 3 is 2.65 bits per heavy atom. The zero-order chi connectivity index (χ0) is 18.4. The van der Waals surface area contributed by atoms with Crippen LogP contribution in [0.5, 0.6) is 5.75 Å². The van der Waals surface area contributed by atoms with Crippen molar-refractivity contribution in [2.24, 2.45) is 0 Å². The number of hydrogen-bond donors (Lipinski definition) is 0. The van der Waals surface area contributed by atoms with Crippen LogP contribution in [0.2, 0.25) is 0 Å². The van der Waals surface area contributed by atoms with E-state index in [-0.39, 0.29) is 17.5 Å². The molecule has 0 amide bonds. The maximum atomic E-state index is 13.0. The van der Waals surface area contributed by atoms with Crippen molar-refractivity contribution in [1.82, 2.24) is 0 Å². The van der Waals surface area contributed by atoms with E-state index in [1.165, 1.54) is 11.8 Å². The highest BCUT2D eigenvalue weighted by Gasteiger charge is 2.32. The maximum absolute atomic E-state index is 13.0. The number of rotatable bonds is 6. The van der Waals surface area contributed by atoms with Crippen molar-refractivity contribution in [1.29, 1.82) is 0 Å². The van der Waals surface area contributed by atoms with Gasteiger partial charge < -0.3 is 9.47 Å². The summed E-state index contributed by atoms with van der Waals surface area (Å²) in [5.74, 6) is 1.13. The highest BCUT2D eigenvalue weighted by Crippen LogP contribution is 2.38. The van der Waals surface area contributed by atoms with Crippen LogP contribution in [0.4, 0.5) is 0 Å². The van der Waals surface area contributed by atoms with Gasteiger partial charge in [0.1, 0.15) is 5.75 Å². The van der Waals surface area contributed by atoms with Gasteiger partial charge in [0.15, 0.2) is 11.9 Å². The van der Waals surface area contributed by atoms with Gasteiger partial charge in [0.05, 0.1) is 17.9 Å². The van der Waals surface area contributed by atoms with Gasteiger partial charge in [-0.3, -0.25) is 9.59 Å². The molecule has 3 rings (SSSR count). The summed E-state index contributed by atoms with van der Waals surface area (Å²) >= 11 is 1.42. The maximum Gasteiger partial charge on any atom is 0.315 e. The van der Waals surface area contributed by atoms with Gasteiger partial charge in [0.25, 0.3) is 0 Å². The minimum absolute atomic E-state index is 0.0302. The molecule has 1 aliphatic heterocycles. The number of ether oxygens (including phenoxy) is 2. The lowest BCUT2D eigenvalue weighted by molar-refractivity contribution is -0.139. The lowest BCUT2D eigenvalue weighted by atomic mass is 9.91. The van der Waals surface area contributed by atoms with Gasteiger partial charge in [-0.2, -0.15) is 0 Å². The first-order chi connectivity index (χ1) is 12.7. The topological polar surface area (TPSA) is 52.6 Å². The Bertz CT molecular complexity index is 814. The Kier molecular flexibility index (Phi) is 6.12. The minimum Gasteiger partial charge on any atom is -0.480 e. The summed E-state index contributed by atoms with van der Waals surface area (Å²) in [6.07, 6.45) is 1.42. The molecule has 0 radical (unpaired) electrons. The van der Waals surface area contributed by atoms with E-state index in [9.17, 15) is 9.59 Å². The van der Waals surface area contributed by atoms with Crippen LogP contribution in [0.3, 0.4) is 0 Å². The fraction of sp³-hybridized carbons (Fsp3) is 0.238. The SMILES string of the molecule is CCOC(=O)CSCC=C1C(=O)c2ccccc2O[C@H]1c1ccccc1. The second kappa shape index (κ2) is 8.72. The van der Waals surface area contributed by atoms with Crippen LogP contribution in [0.25, 0.3) is 0 Å². The Balaban J connectivity index is 1.83. The largest absolute Gasteiger partial charge is 0.480 e. The number of hydrogen-bond acceptors (Lipinski definition) is 5. The third-order valence-corrected chi connectivity index (χ3v) is 4.81. The Labute approximate surface area is 157 Å². The second-order valence-corrected chi connectivity index (χ2v) is 6.74. The Morgan fingerprint density at radius 1 is 1.15 bits per heavy atom. The first-order valence-corrected chi connectivity index (χ1v) is 9.65. The van der Waals surface area contributed by atoms with Crippen LogP contribution in [-0.2, 0) is 9.53 Å². The van der Waals surface area contributed by atoms with Gasteiger partial charge >= 0.3 is 5.97 Å². The molecule has 5 heteroatoms. The standard InChI is InChI=1S/C21H20O4S/c1-2-24-19(22)14-26-13-12-17-20(23)16-10-6-7-11-18(16)25-21(17)15-8-4-3-5-9-15/h3-12,21H,2,13-14H2,1H3/t21-/m0/s1. The fourth-order valence-electron chi connectivity index (χ4n) is 2.79. The molecule has 1 heterocycles. The zero-order valence-electron chi connectivity index (χ0n) is 14.5. The number of para-hydroxylation sites is 1. The van der Waals surface area contributed by atoms with Crippen LogP contribution in [0.15, 0.2) is 66.2 Å². The van der Waals surface area contributed by atoms with E-state index in [0.29, 0.717) is 29.2 Å². The molecule has 134 valence electrons. The number of thioether (sulfide) groups is 1. The number of fused-ring (bicyclic) bond motifs is 1. The molecule has 1 atom stereocenters. The van der Waals surface area contributed by atoms with E-state index in [4.69, 9.17) is 9.47 Å². The molecule has 0 bridgehead atoms. The van der Waals surface area contributed by atoms with Crippen LogP contribution < -0.4 is 4.74 Å². The van der Waals surface area contributed by atoms with Crippen molar-refractivity contribution in [3.8, 4) is 5.75 Å². The summed E-state index contributed by atoms with van der Waals surface area (Å²) < 4.78 is 11.0. The molecule has 1 aliphatic rings. The number of carbonyl (C=O) groups is 2. The van der Waals surface area contributed by atoms with E-state index in [2.05, 4.69) is 0 Å². The van der Waals surface area contributed by atoms with E-state index < -0.39 is 6.10 Å². The van der Waals surface area contributed by atoms with E-state index >= 15 is 0 Å². The number of Topliss-reactive ketones (excluding diaryl/α,β-unsaturated/α-hetero) is 1. The second-order valence-electron chi connectivity index (χ2n) is 5.71. The number of ketones is 1. The summed E-state index contributed by atoms with van der Waals surface area (Å²) in [5, 5.41) is 0. The van der Waals surface area contributed by atoms with E-state index in [0.717, 1.165) is 5.56 Å². The molecule has 4 nitrogen and oxygen atoms in total. The summed E-state index contributed by atoms with van der Waals surface area (Å²) in [7, 11) is 0. The smallest absolute Gasteiger partial charge is 0.315 e. The molecule has 0 spiro atoms. The third-order valence-electron chi connectivity index (χ3n) is 3.97. The number of carbonyl (C=O) groups excluding carboxylic acids is 2. The van der Waals surface area contributed by atoms with Crippen LogP contribution in [0, 0.1) is 0 Å². The molecule has 2 aromatic carbocycles. The first kappa shape index (κ1) is 18.3. The molecule has 0 fully saturated rings. The quantitative estimate of drug-likeness (QED) is 0.434. The molecular weight excluding hydrogens is 348 g/mol. The van der Waals surface area contributed by atoms with E-state index in [1.807, 2.05) is 54.6 Å². The third kappa shape index (κ3) is 4.17. The van der Waals surface area contributed by atoms with Crippen LogP contribution in [0.1, 0.15) is 28.9 Å². The highest BCUT2D eigenvalue weighted by atomic mass is 32.2. The normalized spacial score (nSPS) is 17.5. The van der Waals surface area contributed by atoms with Gasteiger partial charge in [-0.1, -0.05) is 48.5 Å². The predicted molar refractivity (Wildman–Crippen MR) is 103 cm³/mol. The molecule has 0 saturated heterocycles. The van der Waals surface area contributed by atoms with Crippen molar-refractivity contribution >= 4 is 23.5 Å². The van der Waals surface area contributed by atoms with Gasteiger partial charge in [-0.05, 0) is 24.6 Å². The van der Waals surface area contributed by atoms with Crippen LogP contribution >= 0.6 is 11.8 Å². The average molecular weight is 368 g/mol. The van der Waals surface area contributed by atoms with Crippen molar-refractivity contribution < 1.29 is 19.1 Å². The molecular formula is C21H20O4S. The zero-order valence-corrected chi connectivity index (χ0v) is 15.3. The van der Waals surface area contributed by atoms with Crippen molar-refractivity contribution in [2.75, 3.05) is 18.1 Å². The average Bonchev–Trinajstić information content (AvgIpc) is 2.67. The van der Waals surface area contributed by atoms with Crippen LogP contribution in [-0.4, -0.2) is 29.9 Å². The van der Waals surface area contributed by atoms with E-state index in [1.54, 1.807) is 13.0 Å². The Morgan fingerprint density at radius 2 is 1.88 bits per heavy atom. The summed E-state index contributed by atoms with van der Waals surface area (Å²) in [6, 6.07) is 17.0. The molecule has 0 saturated carbocycles. The molecule has 26 heavy (non-hydrogen) atoms. The molecule has 0 aromatic heterocycles. The van der Waals surface area contributed by atoms with Gasteiger partial charge in [-0.25, -0.2) is 0 Å². The lowest BCUT2D eigenvalue weighted by Crippen LogP contribution is -2.24. The van der Waals surface area contributed by atoms with Crippen molar-refractivity contribution in [2.45, 2.75) is 13.0 Å². The predicted octanol–water partition coefficient (Wildman–Crippen LogP) is 4.23. The van der Waals surface area contributed by atoms with Crippen molar-refractivity contribution in [3.05, 3.63) is 77.4 Å². The highest BCUT2D eigenvalue weighted by molar-refractivity contribution is 8.00. The van der Waals surface area contributed by atoms with Gasteiger partial charge in [-0.15, -0.1) is 11.8 Å². The fourth-order valence-corrected chi connectivity index (χ4v) is 3.46. The first-order valence-electron chi connectivity index (χ1n) is 8.49. The van der Waals surface area contributed by atoms with Crippen molar-refractivity contribution in [3.63, 3.8) is 0 Å². The Hall–Kier alpha value is -2.53. The monoisotopic (exact) mass is 368 g/mol. The number of benzene rings is 2. The molecule has 2 aromatic rings.